The number of nitrogens with zero attached hydrogens (tertiary/aromatic N) is 1. The van der Waals surface area contributed by atoms with Crippen molar-refractivity contribution >= 4 is 11.3 Å². The highest BCUT2D eigenvalue weighted by Crippen LogP contribution is 2.56. The Morgan fingerprint density at radius 2 is 1.44 bits per heavy atom. The van der Waals surface area contributed by atoms with Crippen molar-refractivity contribution in [1.29, 1.82) is 0 Å². The minimum Gasteiger partial charge on any atom is -0.253 e. The Balaban J connectivity index is 1.55. The van der Waals surface area contributed by atoms with Crippen LogP contribution >= 0.6 is 0 Å². The lowest BCUT2D eigenvalue weighted by Gasteiger charge is -2.38. The van der Waals surface area contributed by atoms with Gasteiger partial charge in [-0.05, 0) is 48.7 Å². The summed E-state index contributed by atoms with van der Waals surface area (Å²) in [5.74, 6) is 0.734. The molecular weight excluding hydrogens is 302 g/mol. The van der Waals surface area contributed by atoms with Gasteiger partial charge in [-0.15, -0.1) is 0 Å². The van der Waals surface area contributed by atoms with E-state index in [2.05, 4.69) is 31.2 Å². The Hall–Kier alpha value is -1.24. The molecule has 0 bridgehead atoms. The lowest BCUT2D eigenvalue weighted by molar-refractivity contribution is 0.179. The molecule has 0 saturated heterocycles. The second-order valence-electron chi connectivity index (χ2n) is 8.92. The summed E-state index contributed by atoms with van der Waals surface area (Å²) in [6.45, 7) is 2.61. The van der Waals surface area contributed by atoms with Crippen LogP contribution in [0.25, 0.3) is 5.57 Å². The minimum absolute atomic E-state index is 0.475. The molecule has 1 heterocycles. The zero-order chi connectivity index (χ0) is 17.1. The predicted molar refractivity (Wildman–Crippen MR) is 107 cm³/mol. The molecule has 1 aliphatic heterocycles. The van der Waals surface area contributed by atoms with Crippen molar-refractivity contribution in [2.24, 2.45) is 11.3 Å². The normalized spacial score (nSPS) is 27.0. The van der Waals surface area contributed by atoms with E-state index < -0.39 is 0 Å². The molecule has 0 aromatic heterocycles. The molecule has 1 aromatic rings. The number of fused-ring (bicyclic) bond motifs is 2. The quantitative estimate of drug-likeness (QED) is 0.508. The summed E-state index contributed by atoms with van der Waals surface area (Å²) < 4.78 is 0. The van der Waals surface area contributed by atoms with E-state index in [0.717, 1.165) is 5.92 Å². The van der Waals surface area contributed by atoms with Crippen molar-refractivity contribution in [2.45, 2.75) is 90.4 Å². The van der Waals surface area contributed by atoms with E-state index in [-0.39, 0.29) is 0 Å². The monoisotopic (exact) mass is 336 g/mol. The van der Waals surface area contributed by atoms with E-state index in [1.807, 2.05) is 0 Å². The maximum absolute atomic E-state index is 4.97. The van der Waals surface area contributed by atoms with Gasteiger partial charge in [0, 0.05) is 11.3 Å². The molecule has 0 N–H and O–H groups in total. The number of rotatable bonds is 1. The molecule has 1 atom stereocenters. The van der Waals surface area contributed by atoms with Gasteiger partial charge in [0.15, 0.2) is 0 Å². The largest absolute Gasteiger partial charge is 0.253 e. The fourth-order valence-electron chi connectivity index (χ4n) is 5.63. The first-order chi connectivity index (χ1) is 12.3. The van der Waals surface area contributed by atoms with Crippen LogP contribution in [0.5, 0.6) is 0 Å². The van der Waals surface area contributed by atoms with Gasteiger partial charge in [0.1, 0.15) is 0 Å². The molecule has 3 aliphatic rings. The molecule has 1 aromatic carbocycles. The molecule has 2 aliphatic carbocycles. The van der Waals surface area contributed by atoms with Crippen molar-refractivity contribution < 1.29 is 0 Å². The molecule has 135 valence electrons. The molecule has 1 fully saturated rings. The van der Waals surface area contributed by atoms with E-state index in [0.29, 0.717) is 5.41 Å². The molecule has 1 unspecified atom stereocenters. The van der Waals surface area contributed by atoms with Crippen LogP contribution in [0, 0.1) is 11.3 Å². The highest BCUT2D eigenvalue weighted by molar-refractivity contribution is 5.84. The van der Waals surface area contributed by atoms with Crippen LogP contribution in [0.3, 0.4) is 0 Å². The maximum atomic E-state index is 4.97. The SMILES string of the molecule is CC1(C2CCC3=C2c2ccccc2[N]3)CCCCCCCCCCC1. The maximum Gasteiger partial charge on any atom is 0.0708 e. The highest BCUT2D eigenvalue weighted by Gasteiger charge is 2.43. The van der Waals surface area contributed by atoms with Crippen LogP contribution in [-0.4, -0.2) is 0 Å². The molecule has 0 amide bonds. The third-order valence-corrected chi connectivity index (χ3v) is 7.12. The van der Waals surface area contributed by atoms with Crippen LogP contribution in [-0.2, 0) is 0 Å². The number of benzene rings is 1. The van der Waals surface area contributed by atoms with E-state index in [1.54, 1.807) is 5.57 Å². The van der Waals surface area contributed by atoms with Crippen LogP contribution in [0.4, 0.5) is 5.69 Å². The predicted octanol–water partition coefficient (Wildman–Crippen LogP) is 7.37. The first-order valence-electron chi connectivity index (χ1n) is 10.8. The molecular formula is C24H34N. The number of para-hydroxylation sites is 1. The smallest absolute Gasteiger partial charge is 0.0708 e. The molecule has 1 heteroatoms. The second kappa shape index (κ2) is 7.56. The van der Waals surface area contributed by atoms with E-state index in [9.17, 15) is 0 Å². The lowest BCUT2D eigenvalue weighted by Crippen LogP contribution is -2.27. The van der Waals surface area contributed by atoms with Gasteiger partial charge in [-0.25, -0.2) is 0 Å². The first-order valence-corrected chi connectivity index (χ1v) is 10.8. The van der Waals surface area contributed by atoms with Crippen molar-refractivity contribution in [1.82, 2.24) is 5.32 Å². The van der Waals surface area contributed by atoms with Crippen LogP contribution in [0.1, 0.15) is 96.0 Å². The summed E-state index contributed by atoms with van der Waals surface area (Å²) in [7, 11) is 0. The number of hydrogen-bond acceptors (Lipinski definition) is 0. The first kappa shape index (κ1) is 17.2. The van der Waals surface area contributed by atoms with Crippen molar-refractivity contribution in [3.05, 3.63) is 35.5 Å². The standard InChI is InChI=1S/C24H34N/c1-24(17-11-7-5-3-2-4-6-8-12-18-24)20-15-16-22-23(20)19-13-9-10-14-21(19)25-22/h9-10,13-14,20H,2-8,11-12,15-18H2,1H3. The van der Waals surface area contributed by atoms with Crippen molar-refractivity contribution in [3.63, 3.8) is 0 Å². The van der Waals surface area contributed by atoms with Gasteiger partial charge < -0.3 is 0 Å². The third kappa shape index (κ3) is 3.52. The molecule has 1 nitrogen and oxygen atoms in total. The topological polar surface area (TPSA) is 14.1 Å². The molecule has 1 saturated carbocycles. The summed E-state index contributed by atoms with van der Waals surface area (Å²) in [5, 5.41) is 4.97. The van der Waals surface area contributed by atoms with E-state index >= 15 is 0 Å². The van der Waals surface area contributed by atoms with Crippen molar-refractivity contribution in [2.75, 3.05) is 0 Å². The van der Waals surface area contributed by atoms with Crippen LogP contribution in [0.15, 0.2) is 30.0 Å². The second-order valence-corrected chi connectivity index (χ2v) is 8.92. The van der Waals surface area contributed by atoms with Gasteiger partial charge in [0.2, 0.25) is 0 Å². The van der Waals surface area contributed by atoms with E-state index in [1.165, 1.54) is 100 Å². The Kier molecular flexibility index (Phi) is 5.20. The van der Waals surface area contributed by atoms with Gasteiger partial charge in [-0.1, -0.05) is 82.9 Å². The summed E-state index contributed by atoms with van der Waals surface area (Å²) in [5.41, 5.74) is 6.20. The molecule has 25 heavy (non-hydrogen) atoms. The third-order valence-electron chi connectivity index (χ3n) is 7.12. The Morgan fingerprint density at radius 3 is 2.12 bits per heavy atom. The molecule has 4 rings (SSSR count). The summed E-state index contributed by atoms with van der Waals surface area (Å²) in [6, 6.07) is 8.85. The summed E-state index contributed by atoms with van der Waals surface area (Å²) in [4.78, 5) is 0. The average molecular weight is 337 g/mol. The summed E-state index contributed by atoms with van der Waals surface area (Å²) >= 11 is 0. The molecule has 0 spiro atoms. The van der Waals surface area contributed by atoms with Gasteiger partial charge in [-0.2, -0.15) is 0 Å². The number of allylic oxidation sites excluding steroid dienone is 2. The van der Waals surface area contributed by atoms with Crippen LogP contribution in [0.2, 0.25) is 0 Å². The lowest BCUT2D eigenvalue weighted by atomic mass is 9.66. The Morgan fingerprint density at radius 1 is 0.840 bits per heavy atom. The average Bonchev–Trinajstić information content (AvgIpc) is 3.17. The van der Waals surface area contributed by atoms with Gasteiger partial charge in [0.25, 0.3) is 0 Å². The van der Waals surface area contributed by atoms with Gasteiger partial charge >= 0.3 is 0 Å². The van der Waals surface area contributed by atoms with Gasteiger partial charge in [-0.3, -0.25) is 5.32 Å². The number of hydrogen-bond donors (Lipinski definition) is 0. The minimum atomic E-state index is 0.475. The van der Waals surface area contributed by atoms with Gasteiger partial charge in [0.05, 0.1) is 5.69 Å². The summed E-state index contributed by atoms with van der Waals surface area (Å²) in [6.07, 6.45) is 18.4. The van der Waals surface area contributed by atoms with E-state index in [4.69, 9.17) is 5.32 Å². The fraction of sp³-hybridized carbons (Fsp3) is 0.667. The van der Waals surface area contributed by atoms with Crippen LogP contribution < -0.4 is 5.32 Å². The highest BCUT2D eigenvalue weighted by atomic mass is 14.9. The zero-order valence-corrected chi connectivity index (χ0v) is 16.0. The Bertz CT molecular complexity index is 615. The Labute approximate surface area is 154 Å². The zero-order valence-electron chi connectivity index (χ0n) is 16.0. The fourth-order valence-corrected chi connectivity index (χ4v) is 5.63. The van der Waals surface area contributed by atoms with Crippen molar-refractivity contribution in [3.8, 4) is 0 Å². The molecule has 1 radical (unpaired) electrons.